The van der Waals surface area contributed by atoms with Crippen LogP contribution in [0.25, 0.3) is 11.5 Å². The summed E-state index contributed by atoms with van der Waals surface area (Å²) in [5.74, 6) is 1.02. The number of hydrogen-bond acceptors (Lipinski definition) is 5. The smallest absolute Gasteiger partial charge is 0.249 e. The van der Waals surface area contributed by atoms with Crippen LogP contribution in [-0.2, 0) is 11.3 Å². The van der Waals surface area contributed by atoms with Crippen molar-refractivity contribution in [2.24, 2.45) is 0 Å². The average Bonchev–Trinajstić information content (AvgIpc) is 3.17. The molecule has 0 bridgehead atoms. The topological polar surface area (TPSA) is 62.5 Å². The Morgan fingerprint density at radius 3 is 2.91 bits per heavy atom. The molecule has 1 atom stereocenters. The molecule has 1 unspecified atom stereocenters. The van der Waals surface area contributed by atoms with Gasteiger partial charge in [0.05, 0.1) is 23.2 Å². The third-order valence-corrected chi connectivity index (χ3v) is 4.33. The molecule has 0 spiro atoms. The van der Waals surface area contributed by atoms with Crippen LogP contribution in [0.15, 0.2) is 28.7 Å². The molecule has 1 saturated heterocycles. The Bertz CT molecular complexity index is 701. The summed E-state index contributed by atoms with van der Waals surface area (Å²) in [6, 6.07) is 7.24. The first kappa shape index (κ1) is 16.0. The molecule has 23 heavy (non-hydrogen) atoms. The van der Waals surface area contributed by atoms with E-state index in [9.17, 15) is 4.79 Å². The first-order valence-electron chi connectivity index (χ1n) is 7.59. The zero-order valence-electron chi connectivity index (χ0n) is 13.2. The van der Waals surface area contributed by atoms with E-state index in [1.165, 1.54) is 0 Å². The molecule has 1 aromatic heterocycles. The van der Waals surface area contributed by atoms with Crippen molar-refractivity contribution in [1.82, 2.24) is 20.0 Å². The van der Waals surface area contributed by atoms with Crippen molar-refractivity contribution < 1.29 is 9.21 Å². The fourth-order valence-corrected chi connectivity index (χ4v) is 3.04. The number of carbonyl (C=O) groups is 1. The molecular formula is C16H19ClN4O2. The Labute approximate surface area is 140 Å². The molecule has 1 aliphatic heterocycles. The summed E-state index contributed by atoms with van der Waals surface area (Å²) in [6.45, 7) is 1.33. The third kappa shape index (κ3) is 3.38. The van der Waals surface area contributed by atoms with Crippen LogP contribution in [-0.4, -0.2) is 52.6 Å². The molecule has 1 amide bonds. The number of benzene rings is 1. The van der Waals surface area contributed by atoms with E-state index in [2.05, 4.69) is 15.1 Å². The maximum absolute atomic E-state index is 12.2. The molecule has 122 valence electrons. The summed E-state index contributed by atoms with van der Waals surface area (Å²) >= 11 is 6.15. The molecule has 1 aliphatic rings. The SMILES string of the molecule is CN(C)C(=O)C1CCCN1Cc1nnc(-c2ccccc2Cl)o1. The number of aromatic nitrogens is 2. The molecular weight excluding hydrogens is 316 g/mol. The molecule has 2 aromatic rings. The van der Waals surface area contributed by atoms with Gasteiger partial charge >= 0.3 is 0 Å². The van der Waals surface area contributed by atoms with Gasteiger partial charge in [-0.2, -0.15) is 0 Å². The third-order valence-electron chi connectivity index (χ3n) is 4.00. The molecule has 3 rings (SSSR count). The molecule has 0 radical (unpaired) electrons. The van der Waals surface area contributed by atoms with Crippen LogP contribution < -0.4 is 0 Å². The van der Waals surface area contributed by atoms with Crippen LogP contribution in [0.2, 0.25) is 5.02 Å². The lowest BCUT2D eigenvalue weighted by atomic mass is 10.2. The van der Waals surface area contributed by atoms with Crippen LogP contribution in [0, 0.1) is 0 Å². The minimum atomic E-state index is -0.110. The molecule has 0 saturated carbocycles. The van der Waals surface area contributed by atoms with Crippen LogP contribution in [0.1, 0.15) is 18.7 Å². The van der Waals surface area contributed by atoms with Crippen LogP contribution in [0.4, 0.5) is 0 Å². The van der Waals surface area contributed by atoms with Gasteiger partial charge in [0, 0.05) is 14.1 Å². The van der Waals surface area contributed by atoms with Gasteiger partial charge in [-0.25, -0.2) is 0 Å². The summed E-state index contributed by atoms with van der Waals surface area (Å²) in [5, 5.41) is 8.74. The normalized spacial score (nSPS) is 18.3. The Hall–Kier alpha value is -1.92. The second-order valence-electron chi connectivity index (χ2n) is 5.84. The zero-order valence-corrected chi connectivity index (χ0v) is 14.0. The lowest BCUT2D eigenvalue weighted by molar-refractivity contribution is -0.133. The highest BCUT2D eigenvalue weighted by molar-refractivity contribution is 6.33. The summed E-state index contributed by atoms with van der Waals surface area (Å²) < 4.78 is 5.73. The first-order valence-corrected chi connectivity index (χ1v) is 7.96. The van der Waals surface area contributed by atoms with Crippen molar-refractivity contribution in [3.63, 3.8) is 0 Å². The number of halogens is 1. The largest absolute Gasteiger partial charge is 0.419 e. The van der Waals surface area contributed by atoms with Crippen molar-refractivity contribution in [2.45, 2.75) is 25.4 Å². The van der Waals surface area contributed by atoms with E-state index in [1.807, 2.05) is 18.2 Å². The minimum Gasteiger partial charge on any atom is -0.419 e. The van der Waals surface area contributed by atoms with E-state index in [-0.39, 0.29) is 11.9 Å². The van der Waals surface area contributed by atoms with E-state index in [0.29, 0.717) is 23.3 Å². The number of likely N-dealkylation sites (N-methyl/N-ethyl adjacent to an activating group) is 1. The lowest BCUT2D eigenvalue weighted by Gasteiger charge is -2.24. The molecule has 2 heterocycles. The number of carbonyl (C=O) groups excluding carboxylic acids is 1. The highest BCUT2D eigenvalue weighted by Crippen LogP contribution is 2.27. The second kappa shape index (κ2) is 6.68. The molecule has 1 fully saturated rings. The Kier molecular flexibility index (Phi) is 4.63. The summed E-state index contributed by atoms with van der Waals surface area (Å²) in [5.41, 5.74) is 0.718. The number of likely N-dealkylation sites (tertiary alicyclic amines) is 1. The van der Waals surface area contributed by atoms with Crippen molar-refractivity contribution in [1.29, 1.82) is 0 Å². The van der Waals surface area contributed by atoms with Crippen molar-refractivity contribution in [3.8, 4) is 11.5 Å². The van der Waals surface area contributed by atoms with E-state index in [4.69, 9.17) is 16.0 Å². The van der Waals surface area contributed by atoms with Gasteiger partial charge in [0.15, 0.2) is 0 Å². The fourth-order valence-electron chi connectivity index (χ4n) is 2.83. The number of nitrogens with zero attached hydrogens (tertiary/aromatic N) is 4. The maximum Gasteiger partial charge on any atom is 0.249 e. The van der Waals surface area contributed by atoms with Crippen LogP contribution >= 0.6 is 11.6 Å². The molecule has 6 nitrogen and oxygen atoms in total. The molecule has 1 aromatic carbocycles. The van der Waals surface area contributed by atoms with Gasteiger partial charge in [0.25, 0.3) is 0 Å². The highest BCUT2D eigenvalue weighted by atomic mass is 35.5. The monoisotopic (exact) mass is 334 g/mol. The summed E-state index contributed by atoms with van der Waals surface area (Å²) in [4.78, 5) is 15.9. The minimum absolute atomic E-state index is 0.110. The Morgan fingerprint density at radius 2 is 2.17 bits per heavy atom. The van der Waals surface area contributed by atoms with Gasteiger partial charge in [0.1, 0.15) is 0 Å². The molecule has 0 N–H and O–H groups in total. The average molecular weight is 335 g/mol. The van der Waals surface area contributed by atoms with Gasteiger partial charge in [-0.1, -0.05) is 23.7 Å². The van der Waals surface area contributed by atoms with Crippen molar-refractivity contribution in [3.05, 3.63) is 35.2 Å². The quantitative estimate of drug-likeness (QED) is 0.859. The van der Waals surface area contributed by atoms with Gasteiger partial charge < -0.3 is 9.32 Å². The lowest BCUT2D eigenvalue weighted by Crippen LogP contribution is -2.42. The second-order valence-corrected chi connectivity index (χ2v) is 6.25. The number of hydrogen-bond donors (Lipinski definition) is 0. The van der Waals surface area contributed by atoms with Gasteiger partial charge in [-0.05, 0) is 31.5 Å². The predicted octanol–water partition coefficient (Wildman–Crippen LogP) is 2.44. The van der Waals surface area contributed by atoms with E-state index >= 15 is 0 Å². The summed E-state index contributed by atoms with van der Waals surface area (Å²) in [6.07, 6.45) is 1.86. The van der Waals surface area contributed by atoms with E-state index < -0.39 is 0 Å². The van der Waals surface area contributed by atoms with Gasteiger partial charge in [0.2, 0.25) is 17.7 Å². The van der Waals surface area contributed by atoms with Crippen LogP contribution in [0.5, 0.6) is 0 Å². The van der Waals surface area contributed by atoms with E-state index in [1.54, 1.807) is 25.1 Å². The number of amides is 1. The standard InChI is InChI=1S/C16H19ClN4O2/c1-20(2)16(22)13-8-5-9-21(13)10-14-18-19-15(23-14)11-6-3-4-7-12(11)17/h3-4,6-7,13H,5,8-10H2,1-2H3. The van der Waals surface area contributed by atoms with Gasteiger partial charge in [-0.3, -0.25) is 9.69 Å². The Balaban J connectivity index is 1.74. The van der Waals surface area contributed by atoms with E-state index in [0.717, 1.165) is 24.9 Å². The maximum atomic E-state index is 12.2. The fraction of sp³-hybridized carbons (Fsp3) is 0.438. The van der Waals surface area contributed by atoms with Gasteiger partial charge in [-0.15, -0.1) is 10.2 Å². The molecule has 0 aliphatic carbocycles. The number of rotatable bonds is 4. The summed E-state index contributed by atoms with van der Waals surface area (Å²) in [7, 11) is 3.56. The Morgan fingerprint density at radius 1 is 1.39 bits per heavy atom. The molecule has 7 heteroatoms. The zero-order chi connectivity index (χ0) is 16.4. The predicted molar refractivity (Wildman–Crippen MR) is 86.9 cm³/mol. The van der Waals surface area contributed by atoms with Crippen molar-refractivity contribution in [2.75, 3.05) is 20.6 Å². The van der Waals surface area contributed by atoms with Crippen molar-refractivity contribution >= 4 is 17.5 Å². The highest BCUT2D eigenvalue weighted by Gasteiger charge is 2.32. The first-order chi connectivity index (χ1) is 11.1. The van der Waals surface area contributed by atoms with Crippen LogP contribution in [0.3, 0.4) is 0 Å².